The molecule has 0 fully saturated rings. The molecule has 0 amide bonds. The first-order chi connectivity index (χ1) is 12.6. The average molecular weight is 364 g/mol. The van der Waals surface area contributed by atoms with Crippen molar-refractivity contribution in [3.8, 4) is 22.4 Å². The summed E-state index contributed by atoms with van der Waals surface area (Å²) in [6.45, 7) is 4.37. The maximum Gasteiger partial charge on any atom is 0.162 e. The van der Waals surface area contributed by atoms with Crippen LogP contribution in [0.15, 0.2) is 55.1 Å². The summed E-state index contributed by atoms with van der Waals surface area (Å²) in [6, 6.07) is 9.71. The minimum Gasteiger partial charge on any atom is -0.265 e. The summed E-state index contributed by atoms with van der Waals surface area (Å²) in [5, 5.41) is 5.04. The lowest BCUT2D eigenvalue weighted by Crippen LogP contribution is -1.99. The molecule has 0 atom stereocenters. The van der Waals surface area contributed by atoms with Crippen molar-refractivity contribution < 1.29 is 0 Å². The highest BCUT2D eigenvalue weighted by atomic mass is 35.5. The Balaban J connectivity index is 1.98. The molecule has 0 saturated heterocycles. The van der Waals surface area contributed by atoms with E-state index in [1.807, 2.05) is 28.8 Å². The van der Waals surface area contributed by atoms with E-state index in [-0.39, 0.29) is 0 Å². The first kappa shape index (κ1) is 16.7. The molecule has 26 heavy (non-hydrogen) atoms. The summed E-state index contributed by atoms with van der Waals surface area (Å²) in [4.78, 5) is 13.3. The van der Waals surface area contributed by atoms with Gasteiger partial charge >= 0.3 is 0 Å². The van der Waals surface area contributed by atoms with E-state index in [1.54, 1.807) is 30.9 Å². The van der Waals surface area contributed by atoms with Crippen molar-refractivity contribution in [1.29, 1.82) is 0 Å². The maximum atomic E-state index is 5.97. The van der Waals surface area contributed by atoms with E-state index >= 15 is 0 Å². The second-order valence-corrected chi connectivity index (χ2v) is 6.98. The molecule has 0 aliphatic carbocycles. The number of halogens is 1. The zero-order chi connectivity index (χ0) is 18.1. The third-order valence-corrected chi connectivity index (χ3v) is 4.41. The summed E-state index contributed by atoms with van der Waals surface area (Å²) in [5.74, 6) is 0.475. The number of hydrogen-bond donors (Lipinski definition) is 0. The lowest BCUT2D eigenvalue weighted by atomic mass is 10.0. The highest BCUT2D eigenvalue weighted by molar-refractivity contribution is 6.29. The maximum absolute atomic E-state index is 5.97. The van der Waals surface area contributed by atoms with Gasteiger partial charge in [-0.25, -0.2) is 14.5 Å². The zero-order valence-corrected chi connectivity index (χ0v) is 15.4. The normalized spacial score (nSPS) is 11.4. The lowest BCUT2D eigenvalue weighted by molar-refractivity contribution is 0.638. The molecular weight excluding hydrogens is 346 g/mol. The van der Waals surface area contributed by atoms with E-state index in [0.29, 0.717) is 11.1 Å². The van der Waals surface area contributed by atoms with E-state index in [1.165, 1.54) is 0 Å². The number of hydrogen-bond acceptors (Lipinski definition) is 4. The standard InChI is InChI=1S/C20H18ClN5/c1-13(2)11-17-19(15-3-4-18(21)23-12-15)26-20(25-17)16(7-10-24-26)14-5-8-22-9-6-14/h3-10,12-13H,11H2,1-2H3. The summed E-state index contributed by atoms with van der Waals surface area (Å²) in [6.07, 6.45) is 8.01. The van der Waals surface area contributed by atoms with Crippen LogP contribution in [0.25, 0.3) is 28.0 Å². The lowest BCUT2D eigenvalue weighted by Gasteiger charge is -2.07. The van der Waals surface area contributed by atoms with E-state index in [2.05, 4.69) is 28.9 Å². The van der Waals surface area contributed by atoms with Crippen LogP contribution in [0.3, 0.4) is 0 Å². The van der Waals surface area contributed by atoms with Gasteiger partial charge in [-0.2, -0.15) is 5.10 Å². The summed E-state index contributed by atoms with van der Waals surface area (Å²) in [7, 11) is 0. The largest absolute Gasteiger partial charge is 0.265 e. The summed E-state index contributed by atoms with van der Waals surface area (Å²) >= 11 is 5.97. The van der Waals surface area contributed by atoms with Crippen LogP contribution in [0, 0.1) is 5.92 Å². The van der Waals surface area contributed by atoms with E-state index < -0.39 is 0 Å². The molecule has 4 aromatic heterocycles. The van der Waals surface area contributed by atoms with Crippen LogP contribution in [0.5, 0.6) is 0 Å². The monoisotopic (exact) mass is 363 g/mol. The Bertz CT molecular complexity index is 1040. The summed E-state index contributed by atoms with van der Waals surface area (Å²) in [5.41, 5.74) is 5.86. The van der Waals surface area contributed by atoms with Crippen LogP contribution in [0.4, 0.5) is 0 Å². The van der Waals surface area contributed by atoms with Gasteiger partial charge in [0.15, 0.2) is 5.65 Å². The number of pyridine rings is 2. The van der Waals surface area contributed by atoms with Gasteiger partial charge in [0.05, 0.1) is 11.4 Å². The fourth-order valence-electron chi connectivity index (χ4n) is 3.08. The quantitative estimate of drug-likeness (QED) is 0.493. The van der Waals surface area contributed by atoms with Gasteiger partial charge in [0.2, 0.25) is 0 Å². The zero-order valence-electron chi connectivity index (χ0n) is 14.6. The third-order valence-electron chi connectivity index (χ3n) is 4.18. The Labute approximate surface area is 156 Å². The van der Waals surface area contributed by atoms with Crippen LogP contribution >= 0.6 is 11.6 Å². The highest BCUT2D eigenvalue weighted by Gasteiger charge is 2.19. The molecular formula is C20H18ClN5. The molecule has 0 aliphatic heterocycles. The van der Waals surface area contributed by atoms with Crippen LogP contribution in [-0.4, -0.2) is 24.6 Å². The van der Waals surface area contributed by atoms with Gasteiger partial charge < -0.3 is 0 Å². The molecule has 0 spiro atoms. The van der Waals surface area contributed by atoms with Crippen molar-refractivity contribution in [2.24, 2.45) is 5.92 Å². The van der Waals surface area contributed by atoms with Crippen LogP contribution < -0.4 is 0 Å². The Kier molecular flexibility index (Phi) is 4.39. The number of imidazole rings is 1. The Morgan fingerprint density at radius 2 is 1.81 bits per heavy atom. The number of nitrogens with zero attached hydrogens (tertiary/aromatic N) is 5. The second kappa shape index (κ2) is 6.84. The van der Waals surface area contributed by atoms with Gasteiger partial charge in [0.1, 0.15) is 5.15 Å². The van der Waals surface area contributed by atoms with E-state index in [9.17, 15) is 0 Å². The number of fused-ring (bicyclic) bond motifs is 1. The predicted molar refractivity (Wildman–Crippen MR) is 103 cm³/mol. The molecule has 0 radical (unpaired) electrons. The molecule has 4 rings (SSSR count). The Hall–Kier alpha value is -2.79. The van der Waals surface area contributed by atoms with Crippen LogP contribution in [0.2, 0.25) is 5.15 Å². The molecule has 130 valence electrons. The molecule has 4 aromatic rings. The first-order valence-corrected chi connectivity index (χ1v) is 8.90. The van der Waals surface area contributed by atoms with Crippen molar-refractivity contribution in [2.45, 2.75) is 20.3 Å². The Morgan fingerprint density at radius 1 is 1.00 bits per heavy atom. The van der Waals surface area contributed by atoms with Gasteiger partial charge in [0, 0.05) is 35.9 Å². The van der Waals surface area contributed by atoms with Gasteiger partial charge in [-0.15, -0.1) is 0 Å². The van der Waals surface area contributed by atoms with Crippen LogP contribution in [0.1, 0.15) is 19.5 Å². The highest BCUT2D eigenvalue weighted by Crippen LogP contribution is 2.31. The molecule has 4 heterocycles. The smallest absolute Gasteiger partial charge is 0.162 e. The minimum absolute atomic E-state index is 0.471. The fourth-order valence-corrected chi connectivity index (χ4v) is 3.19. The third kappa shape index (κ3) is 3.06. The number of aromatic nitrogens is 5. The van der Waals surface area contributed by atoms with Crippen molar-refractivity contribution in [2.75, 3.05) is 0 Å². The SMILES string of the molecule is CC(C)Cc1nc2c(-c3ccncc3)ccnn2c1-c1ccc(Cl)nc1. The molecule has 0 aliphatic rings. The molecule has 6 heteroatoms. The van der Waals surface area contributed by atoms with Gasteiger partial charge in [-0.05, 0) is 48.2 Å². The second-order valence-electron chi connectivity index (χ2n) is 6.59. The van der Waals surface area contributed by atoms with Crippen molar-refractivity contribution in [3.63, 3.8) is 0 Å². The summed E-state index contributed by atoms with van der Waals surface area (Å²) < 4.78 is 1.90. The molecule has 0 N–H and O–H groups in total. The van der Waals surface area contributed by atoms with Gasteiger partial charge in [0.25, 0.3) is 0 Å². The van der Waals surface area contributed by atoms with E-state index in [0.717, 1.165) is 40.1 Å². The van der Waals surface area contributed by atoms with Gasteiger partial charge in [-0.3, -0.25) is 4.98 Å². The molecule has 0 unspecified atom stereocenters. The fraction of sp³-hybridized carbons (Fsp3) is 0.200. The Morgan fingerprint density at radius 3 is 2.50 bits per heavy atom. The minimum atomic E-state index is 0.471. The molecule has 0 bridgehead atoms. The predicted octanol–water partition coefficient (Wildman–Crippen LogP) is 4.71. The molecule has 0 aromatic carbocycles. The first-order valence-electron chi connectivity index (χ1n) is 8.52. The van der Waals surface area contributed by atoms with E-state index in [4.69, 9.17) is 16.6 Å². The van der Waals surface area contributed by atoms with Crippen LogP contribution in [-0.2, 0) is 6.42 Å². The number of rotatable bonds is 4. The van der Waals surface area contributed by atoms with Crippen molar-refractivity contribution >= 4 is 17.2 Å². The molecule has 0 saturated carbocycles. The average Bonchev–Trinajstić information content (AvgIpc) is 3.00. The topological polar surface area (TPSA) is 56.0 Å². The molecule has 5 nitrogen and oxygen atoms in total. The van der Waals surface area contributed by atoms with Crippen molar-refractivity contribution in [3.05, 3.63) is 66.0 Å². The van der Waals surface area contributed by atoms with Crippen molar-refractivity contribution in [1.82, 2.24) is 24.6 Å². The van der Waals surface area contributed by atoms with Gasteiger partial charge in [-0.1, -0.05) is 25.4 Å².